The fourth-order valence-corrected chi connectivity index (χ4v) is 2.41. The standard InChI is InChI=1S/C15H12BrFN4O/c16-9-3-6-12(22)11(7-9)14-19-15(21-20-14)13(18)8-1-4-10(17)5-2-8/h1-7,13,22H,18H2,(H,19,20,21)/t13-/m0/s1. The minimum Gasteiger partial charge on any atom is -0.507 e. The van der Waals surface area contributed by atoms with Gasteiger partial charge in [-0.15, -0.1) is 0 Å². The highest BCUT2D eigenvalue weighted by Crippen LogP contribution is 2.30. The van der Waals surface area contributed by atoms with Gasteiger partial charge in [-0.1, -0.05) is 28.1 Å². The van der Waals surface area contributed by atoms with Crippen molar-refractivity contribution in [3.05, 3.63) is 64.1 Å². The Morgan fingerprint density at radius 3 is 2.64 bits per heavy atom. The van der Waals surface area contributed by atoms with Gasteiger partial charge in [0, 0.05) is 4.47 Å². The van der Waals surface area contributed by atoms with E-state index in [1.54, 1.807) is 30.3 Å². The summed E-state index contributed by atoms with van der Waals surface area (Å²) < 4.78 is 13.8. The summed E-state index contributed by atoms with van der Waals surface area (Å²) in [5.74, 6) is 0.518. The van der Waals surface area contributed by atoms with Gasteiger partial charge in [0.2, 0.25) is 0 Å². The minimum atomic E-state index is -0.559. The molecule has 0 aliphatic rings. The van der Waals surface area contributed by atoms with Crippen LogP contribution < -0.4 is 5.73 Å². The maximum absolute atomic E-state index is 13.0. The fraction of sp³-hybridized carbons (Fsp3) is 0.0667. The molecule has 2 aromatic carbocycles. The molecule has 0 fully saturated rings. The van der Waals surface area contributed by atoms with Gasteiger partial charge in [-0.25, -0.2) is 9.37 Å². The van der Waals surface area contributed by atoms with Crippen LogP contribution in [0.2, 0.25) is 0 Å². The molecule has 1 heterocycles. The molecule has 1 aromatic heterocycles. The van der Waals surface area contributed by atoms with Crippen LogP contribution in [-0.2, 0) is 0 Å². The summed E-state index contributed by atoms with van der Waals surface area (Å²) in [5, 5.41) is 16.7. The van der Waals surface area contributed by atoms with E-state index in [2.05, 4.69) is 31.1 Å². The molecule has 0 amide bonds. The highest BCUT2D eigenvalue weighted by molar-refractivity contribution is 9.10. The van der Waals surface area contributed by atoms with E-state index in [1.807, 2.05) is 0 Å². The number of hydrogen-bond donors (Lipinski definition) is 3. The van der Waals surface area contributed by atoms with Crippen molar-refractivity contribution in [1.29, 1.82) is 0 Å². The van der Waals surface area contributed by atoms with Crippen LogP contribution >= 0.6 is 15.9 Å². The number of nitrogens with one attached hydrogen (secondary N) is 1. The number of phenolic OH excluding ortho intramolecular Hbond substituents is 1. The lowest BCUT2D eigenvalue weighted by molar-refractivity contribution is 0.477. The van der Waals surface area contributed by atoms with Gasteiger partial charge in [0.25, 0.3) is 0 Å². The number of benzene rings is 2. The van der Waals surface area contributed by atoms with E-state index in [0.717, 1.165) is 4.47 Å². The van der Waals surface area contributed by atoms with Crippen LogP contribution in [0.5, 0.6) is 5.75 Å². The number of halogens is 2. The van der Waals surface area contributed by atoms with Gasteiger partial charge in [0.05, 0.1) is 11.6 Å². The van der Waals surface area contributed by atoms with Gasteiger partial charge < -0.3 is 10.8 Å². The summed E-state index contributed by atoms with van der Waals surface area (Å²) in [4.78, 5) is 4.31. The maximum atomic E-state index is 13.0. The summed E-state index contributed by atoms with van der Waals surface area (Å²) in [5.41, 5.74) is 7.30. The Hall–Kier alpha value is -2.25. The number of aromatic hydroxyl groups is 1. The van der Waals surface area contributed by atoms with Crippen molar-refractivity contribution in [2.75, 3.05) is 0 Å². The van der Waals surface area contributed by atoms with Crippen molar-refractivity contribution in [1.82, 2.24) is 15.2 Å². The Morgan fingerprint density at radius 2 is 1.91 bits per heavy atom. The number of H-pyrrole nitrogens is 1. The Kier molecular flexibility index (Phi) is 3.91. The highest BCUT2D eigenvalue weighted by Gasteiger charge is 2.16. The molecular formula is C15H12BrFN4O. The number of nitrogens with two attached hydrogens (primary N) is 1. The van der Waals surface area contributed by atoms with Gasteiger partial charge in [0.1, 0.15) is 17.4 Å². The predicted octanol–water partition coefficient (Wildman–Crippen LogP) is 3.13. The van der Waals surface area contributed by atoms with Crippen molar-refractivity contribution in [2.24, 2.45) is 5.73 Å². The lowest BCUT2D eigenvalue weighted by Crippen LogP contribution is -2.13. The number of phenols is 1. The first-order valence-electron chi connectivity index (χ1n) is 6.47. The van der Waals surface area contributed by atoms with Gasteiger partial charge in [-0.3, -0.25) is 5.10 Å². The molecule has 0 aliphatic carbocycles. The molecule has 22 heavy (non-hydrogen) atoms. The summed E-state index contributed by atoms with van der Waals surface area (Å²) >= 11 is 3.34. The number of nitrogens with zero attached hydrogens (tertiary/aromatic N) is 2. The highest BCUT2D eigenvalue weighted by atomic mass is 79.9. The van der Waals surface area contributed by atoms with E-state index in [0.29, 0.717) is 22.8 Å². The van der Waals surface area contributed by atoms with Crippen molar-refractivity contribution >= 4 is 15.9 Å². The third-order valence-electron chi connectivity index (χ3n) is 3.23. The molecular weight excluding hydrogens is 351 g/mol. The first-order chi connectivity index (χ1) is 10.5. The normalized spacial score (nSPS) is 12.3. The van der Waals surface area contributed by atoms with Crippen molar-refractivity contribution in [3.63, 3.8) is 0 Å². The molecule has 0 spiro atoms. The molecule has 0 unspecified atom stereocenters. The summed E-state index contributed by atoms with van der Waals surface area (Å²) in [6.07, 6.45) is 0. The van der Waals surface area contributed by atoms with Crippen LogP contribution in [0.3, 0.4) is 0 Å². The number of aromatic nitrogens is 3. The summed E-state index contributed by atoms with van der Waals surface area (Å²) in [7, 11) is 0. The lowest BCUT2D eigenvalue weighted by Gasteiger charge is -2.08. The van der Waals surface area contributed by atoms with Crippen LogP contribution in [0.1, 0.15) is 17.4 Å². The van der Waals surface area contributed by atoms with Gasteiger partial charge >= 0.3 is 0 Å². The zero-order valence-electron chi connectivity index (χ0n) is 11.3. The molecule has 0 radical (unpaired) electrons. The maximum Gasteiger partial charge on any atom is 0.184 e. The van der Waals surface area contributed by atoms with Crippen molar-refractivity contribution < 1.29 is 9.50 Å². The molecule has 3 rings (SSSR count). The van der Waals surface area contributed by atoms with E-state index >= 15 is 0 Å². The van der Waals surface area contributed by atoms with Gasteiger partial charge in [-0.2, -0.15) is 5.10 Å². The Labute approximate surface area is 134 Å². The fourth-order valence-electron chi connectivity index (χ4n) is 2.05. The minimum absolute atomic E-state index is 0.0732. The number of aromatic amines is 1. The molecule has 4 N–H and O–H groups in total. The topological polar surface area (TPSA) is 87.8 Å². The zero-order chi connectivity index (χ0) is 15.7. The first-order valence-corrected chi connectivity index (χ1v) is 7.26. The summed E-state index contributed by atoms with van der Waals surface area (Å²) in [6, 6.07) is 10.3. The van der Waals surface area contributed by atoms with Crippen molar-refractivity contribution in [3.8, 4) is 17.1 Å². The largest absolute Gasteiger partial charge is 0.507 e. The number of hydrogen-bond acceptors (Lipinski definition) is 4. The third-order valence-corrected chi connectivity index (χ3v) is 3.72. The van der Waals surface area contributed by atoms with Crippen molar-refractivity contribution in [2.45, 2.75) is 6.04 Å². The number of rotatable bonds is 3. The quantitative estimate of drug-likeness (QED) is 0.667. The smallest absolute Gasteiger partial charge is 0.184 e. The average molecular weight is 363 g/mol. The van der Waals surface area contributed by atoms with Crippen LogP contribution in [0.15, 0.2) is 46.9 Å². The lowest BCUT2D eigenvalue weighted by atomic mass is 10.1. The molecule has 0 aliphatic heterocycles. The van der Waals surface area contributed by atoms with E-state index in [4.69, 9.17) is 5.73 Å². The molecule has 3 aromatic rings. The molecule has 0 saturated heterocycles. The van der Waals surface area contributed by atoms with Crippen LogP contribution in [0, 0.1) is 5.82 Å². The van der Waals surface area contributed by atoms with E-state index < -0.39 is 6.04 Å². The SMILES string of the molecule is N[C@@H](c1ccc(F)cc1)c1nc(-c2cc(Br)ccc2O)n[nH]1. The Bertz CT molecular complexity index is 804. The molecule has 7 heteroatoms. The van der Waals surface area contributed by atoms with Crippen LogP contribution in [-0.4, -0.2) is 20.3 Å². The summed E-state index contributed by atoms with van der Waals surface area (Å²) in [6.45, 7) is 0. The predicted molar refractivity (Wildman–Crippen MR) is 83.6 cm³/mol. The first kappa shape index (κ1) is 14.7. The molecule has 1 atom stereocenters. The zero-order valence-corrected chi connectivity index (χ0v) is 12.9. The van der Waals surface area contributed by atoms with Gasteiger partial charge in [0.15, 0.2) is 5.82 Å². The van der Waals surface area contributed by atoms with Crippen LogP contribution in [0.25, 0.3) is 11.4 Å². The monoisotopic (exact) mass is 362 g/mol. The molecule has 5 nitrogen and oxygen atoms in total. The molecule has 0 bridgehead atoms. The van der Waals surface area contributed by atoms with E-state index in [-0.39, 0.29) is 11.6 Å². The van der Waals surface area contributed by atoms with Crippen LogP contribution in [0.4, 0.5) is 4.39 Å². The third kappa shape index (κ3) is 2.86. The van der Waals surface area contributed by atoms with E-state index in [9.17, 15) is 9.50 Å². The Morgan fingerprint density at radius 1 is 1.18 bits per heavy atom. The second-order valence-corrected chi connectivity index (χ2v) is 5.65. The molecule has 0 saturated carbocycles. The second kappa shape index (κ2) is 5.86. The second-order valence-electron chi connectivity index (χ2n) is 4.73. The average Bonchev–Trinajstić information content (AvgIpc) is 2.99. The van der Waals surface area contributed by atoms with E-state index in [1.165, 1.54) is 12.1 Å². The molecule has 112 valence electrons. The van der Waals surface area contributed by atoms with Gasteiger partial charge in [-0.05, 0) is 35.9 Å². The Balaban J connectivity index is 1.93.